The lowest BCUT2D eigenvalue weighted by atomic mass is 10.2. The van der Waals surface area contributed by atoms with Gasteiger partial charge in [-0.15, -0.1) is 0 Å². The number of hydrogen-bond donors (Lipinski definition) is 2. The molecule has 1 aliphatic heterocycles. The molecule has 1 saturated heterocycles. The molecule has 0 aliphatic carbocycles. The van der Waals surface area contributed by atoms with Crippen LogP contribution in [0.5, 0.6) is 5.75 Å². The number of carbonyl (C=O) groups excluding carboxylic acids is 1. The van der Waals surface area contributed by atoms with Gasteiger partial charge in [-0.3, -0.25) is 4.79 Å². The molecule has 0 bridgehead atoms. The summed E-state index contributed by atoms with van der Waals surface area (Å²) in [6.07, 6.45) is 5.38. The first-order valence-corrected chi connectivity index (χ1v) is 8.90. The second-order valence-corrected chi connectivity index (χ2v) is 6.50. The Labute approximate surface area is 157 Å². The summed E-state index contributed by atoms with van der Waals surface area (Å²) in [5.74, 6) is 0.702. The summed E-state index contributed by atoms with van der Waals surface area (Å²) < 4.78 is 7.19. The van der Waals surface area contributed by atoms with Crippen LogP contribution in [0.4, 0.5) is 11.5 Å². The van der Waals surface area contributed by atoms with Crippen LogP contribution in [0, 0.1) is 6.92 Å². The second-order valence-electron chi connectivity index (χ2n) is 6.50. The van der Waals surface area contributed by atoms with Gasteiger partial charge in [-0.1, -0.05) is 0 Å². The maximum Gasteiger partial charge on any atom is 0.262 e. The molecule has 0 unspecified atom stereocenters. The zero-order chi connectivity index (χ0) is 18.8. The van der Waals surface area contributed by atoms with Crippen LogP contribution in [-0.4, -0.2) is 53.6 Å². The van der Waals surface area contributed by atoms with Gasteiger partial charge < -0.3 is 24.7 Å². The van der Waals surface area contributed by atoms with E-state index in [9.17, 15) is 4.79 Å². The average Bonchev–Trinajstić information content (AvgIpc) is 3.07. The number of pyridine rings is 2. The highest BCUT2D eigenvalue weighted by atomic mass is 16.5. The van der Waals surface area contributed by atoms with Gasteiger partial charge in [0.2, 0.25) is 0 Å². The fourth-order valence-electron chi connectivity index (χ4n) is 3.24. The molecule has 0 saturated carbocycles. The highest BCUT2D eigenvalue weighted by molar-refractivity contribution is 6.05. The average molecular weight is 366 g/mol. The van der Waals surface area contributed by atoms with Crippen molar-refractivity contribution in [3.63, 3.8) is 0 Å². The first-order valence-electron chi connectivity index (χ1n) is 8.90. The topological polar surface area (TPSA) is 83.8 Å². The lowest BCUT2D eigenvalue weighted by Gasteiger charge is -2.29. The number of aryl methyl sites for hydroxylation is 1. The molecule has 1 aliphatic rings. The van der Waals surface area contributed by atoms with E-state index in [1.54, 1.807) is 25.6 Å². The molecule has 3 aromatic rings. The van der Waals surface area contributed by atoms with Crippen molar-refractivity contribution in [3.8, 4) is 5.75 Å². The Morgan fingerprint density at radius 2 is 2.07 bits per heavy atom. The number of fused-ring (bicyclic) bond motifs is 1. The number of nitrogens with one attached hydrogen (secondary N) is 2. The van der Waals surface area contributed by atoms with Gasteiger partial charge >= 0.3 is 0 Å². The molecule has 0 spiro atoms. The van der Waals surface area contributed by atoms with Crippen LogP contribution >= 0.6 is 0 Å². The van der Waals surface area contributed by atoms with Crippen LogP contribution in [0.1, 0.15) is 16.1 Å². The van der Waals surface area contributed by atoms with Crippen LogP contribution in [0.3, 0.4) is 0 Å². The van der Waals surface area contributed by atoms with E-state index in [2.05, 4.69) is 25.5 Å². The molecular weight excluding hydrogens is 344 g/mol. The van der Waals surface area contributed by atoms with Crippen LogP contribution in [0.25, 0.3) is 5.65 Å². The second kappa shape index (κ2) is 7.24. The summed E-state index contributed by atoms with van der Waals surface area (Å²) in [6.45, 7) is 5.75. The maximum absolute atomic E-state index is 12.7. The minimum atomic E-state index is -0.275. The molecule has 1 amide bonds. The molecule has 2 N–H and O–H groups in total. The standard InChI is InChI=1S/C19H22N6O2/c1-13-11-25-12-15(16(27-2)9-18(25)22-13)19(26)23-17-4-3-14(10-21-17)24-7-5-20-6-8-24/h3-4,9-12,20H,5-8H2,1-2H3,(H,21,23,26). The fourth-order valence-corrected chi connectivity index (χ4v) is 3.24. The Morgan fingerprint density at radius 3 is 2.78 bits per heavy atom. The Hall–Kier alpha value is -3.13. The first-order chi connectivity index (χ1) is 13.1. The number of hydrogen-bond acceptors (Lipinski definition) is 6. The van der Waals surface area contributed by atoms with Crippen molar-refractivity contribution >= 4 is 23.1 Å². The Balaban J connectivity index is 1.54. The zero-order valence-corrected chi connectivity index (χ0v) is 15.4. The normalized spacial score (nSPS) is 14.4. The third-order valence-electron chi connectivity index (χ3n) is 4.61. The van der Waals surface area contributed by atoms with E-state index in [0.717, 1.165) is 43.2 Å². The molecule has 140 valence electrons. The SMILES string of the molecule is COc1cc2nc(C)cn2cc1C(=O)Nc1ccc(N2CCNCC2)cn1. The van der Waals surface area contributed by atoms with E-state index >= 15 is 0 Å². The van der Waals surface area contributed by atoms with E-state index in [-0.39, 0.29) is 5.91 Å². The predicted octanol–water partition coefficient (Wildman–Crippen LogP) is 1.71. The van der Waals surface area contributed by atoms with E-state index < -0.39 is 0 Å². The van der Waals surface area contributed by atoms with Crippen molar-refractivity contribution in [1.82, 2.24) is 19.7 Å². The highest BCUT2D eigenvalue weighted by Crippen LogP contribution is 2.22. The lowest BCUT2D eigenvalue weighted by molar-refractivity contribution is 0.102. The van der Waals surface area contributed by atoms with Gasteiger partial charge in [0, 0.05) is 44.6 Å². The summed E-state index contributed by atoms with van der Waals surface area (Å²) in [5, 5.41) is 6.17. The molecule has 3 aromatic heterocycles. The van der Waals surface area contributed by atoms with Gasteiger partial charge in [0.25, 0.3) is 5.91 Å². The predicted molar refractivity (Wildman–Crippen MR) is 104 cm³/mol. The van der Waals surface area contributed by atoms with Gasteiger partial charge in [0.15, 0.2) is 0 Å². The minimum absolute atomic E-state index is 0.275. The molecule has 1 fully saturated rings. The summed E-state index contributed by atoms with van der Waals surface area (Å²) in [6, 6.07) is 5.55. The van der Waals surface area contributed by atoms with Gasteiger partial charge in [0.1, 0.15) is 17.2 Å². The molecule has 4 heterocycles. The number of carbonyl (C=O) groups is 1. The molecule has 8 nitrogen and oxygen atoms in total. The summed E-state index contributed by atoms with van der Waals surface area (Å²) >= 11 is 0. The third-order valence-corrected chi connectivity index (χ3v) is 4.61. The quantitative estimate of drug-likeness (QED) is 0.731. The molecule has 4 rings (SSSR count). The van der Waals surface area contributed by atoms with Crippen LogP contribution in [-0.2, 0) is 0 Å². The maximum atomic E-state index is 12.7. The number of methoxy groups -OCH3 is 1. The van der Waals surface area contributed by atoms with Crippen molar-refractivity contribution in [1.29, 1.82) is 0 Å². The number of ether oxygens (including phenoxy) is 1. The van der Waals surface area contributed by atoms with Crippen LogP contribution in [0.2, 0.25) is 0 Å². The van der Waals surface area contributed by atoms with Gasteiger partial charge in [0.05, 0.1) is 30.3 Å². The lowest BCUT2D eigenvalue weighted by Crippen LogP contribution is -2.43. The van der Waals surface area contributed by atoms with Gasteiger partial charge in [-0.2, -0.15) is 0 Å². The smallest absolute Gasteiger partial charge is 0.262 e. The van der Waals surface area contributed by atoms with Crippen molar-refractivity contribution in [2.45, 2.75) is 6.92 Å². The summed E-state index contributed by atoms with van der Waals surface area (Å²) in [5.41, 5.74) is 3.09. The molecule has 0 aromatic carbocycles. The van der Waals surface area contributed by atoms with Crippen LogP contribution in [0.15, 0.2) is 36.8 Å². The summed E-state index contributed by atoms with van der Waals surface area (Å²) in [4.78, 5) is 23.8. The zero-order valence-electron chi connectivity index (χ0n) is 15.4. The number of anilines is 2. The largest absolute Gasteiger partial charge is 0.496 e. The number of rotatable bonds is 4. The molecule has 27 heavy (non-hydrogen) atoms. The van der Waals surface area contributed by atoms with Crippen molar-refractivity contribution < 1.29 is 9.53 Å². The molecule has 8 heteroatoms. The fraction of sp³-hybridized carbons (Fsp3) is 0.316. The Morgan fingerprint density at radius 1 is 1.26 bits per heavy atom. The monoisotopic (exact) mass is 366 g/mol. The molecular formula is C19H22N6O2. The van der Waals surface area contributed by atoms with Crippen molar-refractivity contribution in [2.24, 2.45) is 0 Å². The Bertz CT molecular complexity index is 960. The van der Waals surface area contributed by atoms with E-state index in [1.807, 2.05) is 29.7 Å². The van der Waals surface area contributed by atoms with E-state index in [0.29, 0.717) is 17.1 Å². The Kier molecular flexibility index (Phi) is 4.64. The third kappa shape index (κ3) is 3.56. The van der Waals surface area contributed by atoms with E-state index in [1.165, 1.54) is 0 Å². The number of piperazine rings is 1. The highest BCUT2D eigenvalue weighted by Gasteiger charge is 2.16. The molecule has 0 radical (unpaired) electrons. The van der Waals surface area contributed by atoms with Crippen molar-refractivity contribution in [2.75, 3.05) is 43.5 Å². The first kappa shape index (κ1) is 17.3. The number of nitrogens with zero attached hydrogens (tertiary/aromatic N) is 4. The van der Waals surface area contributed by atoms with Gasteiger partial charge in [-0.05, 0) is 19.1 Å². The molecule has 0 atom stereocenters. The number of aromatic nitrogens is 3. The summed E-state index contributed by atoms with van der Waals surface area (Å²) in [7, 11) is 1.54. The van der Waals surface area contributed by atoms with E-state index in [4.69, 9.17) is 4.74 Å². The van der Waals surface area contributed by atoms with Gasteiger partial charge in [-0.25, -0.2) is 9.97 Å². The minimum Gasteiger partial charge on any atom is -0.496 e. The van der Waals surface area contributed by atoms with Crippen LogP contribution < -0.4 is 20.3 Å². The number of imidazole rings is 1. The van der Waals surface area contributed by atoms with Crippen molar-refractivity contribution in [3.05, 3.63) is 48.0 Å². The number of amides is 1.